The van der Waals surface area contributed by atoms with E-state index >= 15 is 0 Å². The van der Waals surface area contributed by atoms with E-state index < -0.39 is 16.3 Å². The summed E-state index contributed by atoms with van der Waals surface area (Å²) in [6.45, 7) is 3.12. The molecule has 1 aromatic heterocycles. The fraction of sp³-hybridized carbons (Fsp3) is 0.667. The first-order chi connectivity index (χ1) is 11.3. The summed E-state index contributed by atoms with van der Waals surface area (Å²) in [6, 6.07) is 3.26. The molecule has 0 unspecified atom stereocenters. The second-order valence-corrected chi connectivity index (χ2v) is 8.04. The van der Waals surface area contributed by atoms with Crippen LogP contribution in [0.25, 0.3) is 0 Å². The molecule has 0 aromatic carbocycles. The molecule has 136 valence electrons. The highest BCUT2D eigenvalue weighted by molar-refractivity contribution is 7.86. The molecular formula is C15H25N3O5S. The van der Waals surface area contributed by atoms with Crippen LogP contribution in [0.1, 0.15) is 17.9 Å². The van der Waals surface area contributed by atoms with Crippen LogP contribution in [-0.2, 0) is 26.2 Å². The number of furan rings is 1. The summed E-state index contributed by atoms with van der Waals surface area (Å²) in [5.41, 5.74) is 0. The average molecular weight is 359 g/mol. The highest BCUT2D eigenvalue weighted by atomic mass is 32.2. The summed E-state index contributed by atoms with van der Waals surface area (Å²) < 4.78 is 37.9. The van der Waals surface area contributed by atoms with Crippen molar-refractivity contribution in [3.05, 3.63) is 23.7 Å². The fourth-order valence-corrected chi connectivity index (χ4v) is 3.78. The number of amides is 1. The summed E-state index contributed by atoms with van der Waals surface area (Å²) in [5, 5.41) is 2.80. The summed E-state index contributed by atoms with van der Waals surface area (Å²) in [7, 11) is -0.605. The van der Waals surface area contributed by atoms with Gasteiger partial charge in [-0.05, 0) is 19.1 Å². The minimum absolute atomic E-state index is 0.0737. The van der Waals surface area contributed by atoms with Crippen molar-refractivity contribution in [3.8, 4) is 0 Å². The number of carbonyl (C=O) groups is 1. The molecule has 0 aliphatic carbocycles. The minimum Gasteiger partial charge on any atom is -0.466 e. The molecule has 1 aliphatic rings. The molecule has 1 N–H and O–H groups in total. The van der Waals surface area contributed by atoms with Gasteiger partial charge >= 0.3 is 0 Å². The Kier molecular flexibility index (Phi) is 6.39. The second kappa shape index (κ2) is 8.11. The maximum absolute atomic E-state index is 12.3. The van der Waals surface area contributed by atoms with E-state index in [1.54, 1.807) is 0 Å². The fourth-order valence-electron chi connectivity index (χ4n) is 2.54. The molecule has 0 bridgehead atoms. The van der Waals surface area contributed by atoms with Crippen molar-refractivity contribution in [2.45, 2.75) is 25.8 Å². The molecule has 1 fully saturated rings. The SMILES string of the molecule is Cc1ccc(CCNC(=O)C[C@H]2COCCN2S(=O)(=O)N(C)C)o1. The smallest absolute Gasteiger partial charge is 0.281 e. The quantitative estimate of drug-likeness (QED) is 0.748. The summed E-state index contributed by atoms with van der Waals surface area (Å²) in [4.78, 5) is 12.1. The van der Waals surface area contributed by atoms with E-state index in [1.807, 2.05) is 19.1 Å². The first kappa shape index (κ1) is 18.9. The standard InChI is InChI=1S/C15H25N3O5S/c1-12-4-5-14(23-12)6-7-16-15(19)10-13-11-22-9-8-18(13)24(20,21)17(2)3/h4-5,13H,6-11H2,1-3H3,(H,16,19)/t13-/m0/s1. The Morgan fingerprint density at radius 3 is 2.79 bits per heavy atom. The topological polar surface area (TPSA) is 92.1 Å². The monoisotopic (exact) mass is 359 g/mol. The molecule has 0 radical (unpaired) electrons. The molecule has 1 amide bonds. The molecule has 0 saturated carbocycles. The van der Waals surface area contributed by atoms with Crippen LogP contribution in [0.2, 0.25) is 0 Å². The molecule has 8 nitrogen and oxygen atoms in total. The van der Waals surface area contributed by atoms with Gasteiger partial charge in [-0.2, -0.15) is 17.0 Å². The van der Waals surface area contributed by atoms with E-state index in [2.05, 4.69) is 5.32 Å². The average Bonchev–Trinajstić information content (AvgIpc) is 2.93. The first-order valence-corrected chi connectivity index (χ1v) is 9.29. The number of morpholine rings is 1. The van der Waals surface area contributed by atoms with Crippen molar-refractivity contribution in [2.24, 2.45) is 0 Å². The lowest BCUT2D eigenvalue weighted by atomic mass is 10.2. The van der Waals surface area contributed by atoms with Gasteiger partial charge in [0.1, 0.15) is 11.5 Å². The molecular weight excluding hydrogens is 334 g/mol. The Labute approximate surface area is 142 Å². The Morgan fingerprint density at radius 1 is 1.42 bits per heavy atom. The van der Waals surface area contributed by atoms with Crippen molar-refractivity contribution in [1.29, 1.82) is 0 Å². The van der Waals surface area contributed by atoms with E-state index in [0.717, 1.165) is 15.8 Å². The van der Waals surface area contributed by atoms with E-state index in [-0.39, 0.29) is 25.5 Å². The predicted octanol–water partition coefficient (Wildman–Crippen LogP) is 0.144. The van der Waals surface area contributed by atoms with Gasteiger partial charge in [-0.15, -0.1) is 0 Å². The van der Waals surface area contributed by atoms with E-state index in [1.165, 1.54) is 18.4 Å². The van der Waals surface area contributed by atoms with Gasteiger partial charge in [-0.3, -0.25) is 4.79 Å². The van der Waals surface area contributed by atoms with E-state index in [0.29, 0.717) is 19.6 Å². The van der Waals surface area contributed by atoms with Crippen LogP contribution in [0, 0.1) is 6.92 Å². The number of rotatable bonds is 7. The number of hydrogen-bond acceptors (Lipinski definition) is 5. The van der Waals surface area contributed by atoms with Gasteiger partial charge in [-0.25, -0.2) is 0 Å². The maximum Gasteiger partial charge on any atom is 0.281 e. The van der Waals surface area contributed by atoms with E-state index in [4.69, 9.17) is 9.15 Å². The third kappa shape index (κ3) is 4.79. The highest BCUT2D eigenvalue weighted by Gasteiger charge is 2.35. The number of hydrogen-bond donors (Lipinski definition) is 1. The Hall–Kier alpha value is -1.42. The van der Waals surface area contributed by atoms with Crippen molar-refractivity contribution in [3.63, 3.8) is 0 Å². The highest BCUT2D eigenvalue weighted by Crippen LogP contribution is 2.17. The molecule has 1 aliphatic heterocycles. The van der Waals surface area contributed by atoms with Crippen molar-refractivity contribution >= 4 is 16.1 Å². The predicted molar refractivity (Wildman–Crippen MR) is 88.7 cm³/mol. The lowest BCUT2D eigenvalue weighted by Crippen LogP contribution is -2.53. The van der Waals surface area contributed by atoms with Crippen LogP contribution in [0.5, 0.6) is 0 Å². The van der Waals surface area contributed by atoms with Gasteiger partial charge in [0.15, 0.2) is 0 Å². The lowest BCUT2D eigenvalue weighted by molar-refractivity contribution is -0.123. The third-order valence-corrected chi connectivity index (χ3v) is 5.84. The zero-order valence-electron chi connectivity index (χ0n) is 14.3. The van der Waals surface area contributed by atoms with Crippen molar-refractivity contribution < 1.29 is 22.4 Å². The first-order valence-electron chi connectivity index (χ1n) is 7.89. The van der Waals surface area contributed by atoms with Gasteiger partial charge < -0.3 is 14.5 Å². The lowest BCUT2D eigenvalue weighted by Gasteiger charge is -2.35. The Morgan fingerprint density at radius 2 is 2.17 bits per heavy atom. The molecule has 24 heavy (non-hydrogen) atoms. The van der Waals surface area contributed by atoms with Gasteiger partial charge in [0.2, 0.25) is 5.91 Å². The largest absolute Gasteiger partial charge is 0.466 e. The molecule has 0 spiro atoms. The summed E-state index contributed by atoms with van der Waals surface area (Å²) in [6.07, 6.45) is 0.671. The normalized spacial score (nSPS) is 19.6. The second-order valence-electron chi connectivity index (χ2n) is 5.95. The molecule has 1 aromatic rings. The van der Waals surface area contributed by atoms with Gasteiger partial charge in [0.05, 0.1) is 19.3 Å². The maximum atomic E-state index is 12.3. The van der Waals surface area contributed by atoms with E-state index in [9.17, 15) is 13.2 Å². The van der Waals surface area contributed by atoms with Crippen LogP contribution < -0.4 is 5.32 Å². The number of aryl methyl sites for hydroxylation is 1. The van der Waals surface area contributed by atoms with Crippen molar-refractivity contribution in [1.82, 2.24) is 13.9 Å². The number of nitrogens with zero attached hydrogens (tertiary/aromatic N) is 2. The van der Waals surface area contributed by atoms with Crippen LogP contribution in [-0.4, -0.2) is 69.4 Å². The number of ether oxygens (including phenoxy) is 1. The number of nitrogens with one attached hydrogen (secondary N) is 1. The minimum atomic E-state index is -3.56. The summed E-state index contributed by atoms with van der Waals surface area (Å²) >= 11 is 0. The van der Waals surface area contributed by atoms with Gasteiger partial charge in [0, 0.05) is 40.0 Å². The van der Waals surface area contributed by atoms with Crippen LogP contribution in [0.15, 0.2) is 16.5 Å². The zero-order valence-corrected chi connectivity index (χ0v) is 15.1. The van der Waals surface area contributed by atoms with Crippen LogP contribution >= 0.6 is 0 Å². The molecule has 1 saturated heterocycles. The summed E-state index contributed by atoms with van der Waals surface area (Å²) in [5.74, 6) is 1.44. The Balaban J connectivity index is 1.86. The Bertz CT molecular complexity index is 656. The number of carbonyl (C=O) groups excluding carboxylic acids is 1. The molecule has 2 rings (SSSR count). The van der Waals surface area contributed by atoms with Crippen molar-refractivity contribution in [2.75, 3.05) is 40.4 Å². The third-order valence-electron chi connectivity index (χ3n) is 3.84. The molecule has 1 atom stereocenters. The molecule has 9 heteroatoms. The van der Waals surface area contributed by atoms with Crippen LogP contribution in [0.4, 0.5) is 0 Å². The molecule has 2 heterocycles. The van der Waals surface area contributed by atoms with Gasteiger partial charge in [-0.1, -0.05) is 0 Å². The van der Waals surface area contributed by atoms with Gasteiger partial charge in [0.25, 0.3) is 10.2 Å². The zero-order chi connectivity index (χ0) is 17.7. The van der Waals surface area contributed by atoms with Crippen LogP contribution in [0.3, 0.4) is 0 Å².